The second-order valence-corrected chi connectivity index (χ2v) is 11.9. The maximum absolute atomic E-state index is 11.4. The molecule has 0 aromatic carbocycles. The topological polar surface area (TPSA) is 41.8 Å². The highest BCUT2D eigenvalue weighted by molar-refractivity contribution is 6.78. The van der Waals surface area contributed by atoms with Gasteiger partial charge in [0.1, 0.15) is 6.61 Å². The number of nitrogens with zero attached hydrogens (tertiary/aromatic N) is 1. The molecule has 1 aliphatic heterocycles. The van der Waals surface area contributed by atoms with Gasteiger partial charge in [0.25, 0.3) is 0 Å². The Morgan fingerprint density at radius 3 is 2.29 bits per heavy atom. The standard InChI is InChI=1S/C17H29NO2Si/c1-11(2)15-10-20-17(18-15)14-8-7-9-16(14)21(19,12(3)4)13(5)6/h7-9,11-13,15-16,19H,10H2,1-6H3/t15-,16?/m1/s1. The highest BCUT2D eigenvalue weighted by Gasteiger charge is 2.48. The number of hydrogen-bond acceptors (Lipinski definition) is 3. The van der Waals surface area contributed by atoms with Gasteiger partial charge in [0.2, 0.25) is 14.2 Å². The molecule has 21 heavy (non-hydrogen) atoms. The van der Waals surface area contributed by atoms with Crippen LogP contribution in [0.25, 0.3) is 0 Å². The molecule has 0 amide bonds. The van der Waals surface area contributed by atoms with Crippen molar-refractivity contribution in [3.05, 3.63) is 23.8 Å². The first-order chi connectivity index (χ1) is 9.78. The molecule has 0 radical (unpaired) electrons. The summed E-state index contributed by atoms with van der Waals surface area (Å²) in [5, 5.41) is 0. The van der Waals surface area contributed by atoms with E-state index < -0.39 is 8.32 Å². The van der Waals surface area contributed by atoms with Crippen LogP contribution in [0.5, 0.6) is 0 Å². The molecule has 0 spiro atoms. The van der Waals surface area contributed by atoms with Crippen molar-refractivity contribution in [2.45, 2.75) is 64.2 Å². The normalized spacial score (nSPS) is 25.8. The number of ether oxygens (including phenoxy) is 1. The first-order valence-electron chi connectivity index (χ1n) is 8.10. The summed E-state index contributed by atoms with van der Waals surface area (Å²) >= 11 is 0. The molecule has 0 fully saturated rings. The van der Waals surface area contributed by atoms with Gasteiger partial charge in [-0.3, -0.25) is 0 Å². The van der Waals surface area contributed by atoms with Gasteiger partial charge in [-0.15, -0.1) is 0 Å². The van der Waals surface area contributed by atoms with Crippen LogP contribution in [-0.4, -0.2) is 31.7 Å². The Balaban J connectivity index is 2.29. The summed E-state index contributed by atoms with van der Waals surface area (Å²) in [4.78, 5) is 16.2. The van der Waals surface area contributed by atoms with E-state index in [1.807, 2.05) is 0 Å². The van der Waals surface area contributed by atoms with Gasteiger partial charge in [0.15, 0.2) is 0 Å². The first-order valence-corrected chi connectivity index (χ1v) is 10.3. The summed E-state index contributed by atoms with van der Waals surface area (Å²) in [6.45, 7) is 13.6. The Morgan fingerprint density at radius 2 is 1.81 bits per heavy atom. The quantitative estimate of drug-likeness (QED) is 0.778. The lowest BCUT2D eigenvalue weighted by molar-refractivity contribution is 0.291. The lowest BCUT2D eigenvalue weighted by Gasteiger charge is -2.38. The third-order valence-electron chi connectivity index (χ3n) is 4.95. The lowest BCUT2D eigenvalue weighted by atomic mass is 10.1. The number of allylic oxidation sites excluding steroid dienone is 3. The Labute approximate surface area is 129 Å². The Morgan fingerprint density at radius 1 is 1.19 bits per heavy atom. The van der Waals surface area contributed by atoms with Crippen LogP contribution in [0.3, 0.4) is 0 Å². The Hall–Kier alpha value is -0.873. The summed E-state index contributed by atoms with van der Waals surface area (Å²) < 4.78 is 5.85. The zero-order valence-electron chi connectivity index (χ0n) is 14.1. The van der Waals surface area contributed by atoms with Crippen molar-refractivity contribution >= 4 is 14.2 Å². The van der Waals surface area contributed by atoms with Crippen LogP contribution in [0.15, 0.2) is 28.8 Å². The van der Waals surface area contributed by atoms with E-state index in [9.17, 15) is 4.80 Å². The van der Waals surface area contributed by atoms with E-state index in [0.717, 1.165) is 11.5 Å². The van der Waals surface area contributed by atoms with E-state index in [0.29, 0.717) is 23.6 Å². The largest absolute Gasteiger partial charge is 0.475 e. The number of rotatable bonds is 5. The molecule has 0 saturated carbocycles. The Bertz CT molecular complexity index is 469. The second kappa shape index (κ2) is 6.09. The number of hydrogen-bond donors (Lipinski definition) is 1. The fourth-order valence-corrected chi connectivity index (χ4v) is 7.27. The second-order valence-electron chi connectivity index (χ2n) is 7.24. The molecule has 1 unspecified atom stereocenters. The predicted octanol–water partition coefficient (Wildman–Crippen LogP) is 4.06. The van der Waals surface area contributed by atoms with Gasteiger partial charge in [-0.1, -0.05) is 59.8 Å². The fourth-order valence-electron chi connectivity index (χ4n) is 3.36. The molecule has 1 heterocycles. The molecular weight excluding hydrogens is 278 g/mol. The molecule has 2 atom stereocenters. The van der Waals surface area contributed by atoms with Gasteiger partial charge >= 0.3 is 0 Å². The molecule has 0 aromatic rings. The van der Waals surface area contributed by atoms with Crippen LogP contribution < -0.4 is 0 Å². The highest BCUT2D eigenvalue weighted by Crippen LogP contribution is 2.46. The minimum atomic E-state index is -2.47. The van der Waals surface area contributed by atoms with Gasteiger partial charge < -0.3 is 9.53 Å². The monoisotopic (exact) mass is 307 g/mol. The zero-order chi connectivity index (χ0) is 15.8. The van der Waals surface area contributed by atoms with E-state index >= 15 is 0 Å². The SMILES string of the molecule is CC(C)[C@H]1COC(C2=CC=CC2[Si](O)(C(C)C)C(C)C)=N1. The van der Waals surface area contributed by atoms with E-state index in [4.69, 9.17) is 9.73 Å². The third kappa shape index (κ3) is 2.88. The van der Waals surface area contributed by atoms with Gasteiger partial charge in [-0.2, -0.15) is 0 Å². The summed E-state index contributed by atoms with van der Waals surface area (Å²) in [6, 6.07) is 0.245. The molecule has 0 bridgehead atoms. The van der Waals surface area contributed by atoms with Crippen LogP contribution in [0.1, 0.15) is 41.5 Å². The van der Waals surface area contributed by atoms with E-state index in [-0.39, 0.29) is 11.6 Å². The molecule has 2 aliphatic rings. The fraction of sp³-hybridized carbons (Fsp3) is 0.706. The van der Waals surface area contributed by atoms with Crippen molar-refractivity contribution in [3.8, 4) is 0 Å². The van der Waals surface area contributed by atoms with E-state index in [1.165, 1.54) is 0 Å². The van der Waals surface area contributed by atoms with Gasteiger partial charge in [-0.05, 0) is 17.0 Å². The summed E-state index contributed by atoms with van der Waals surface area (Å²) in [5.41, 5.74) is 1.80. The van der Waals surface area contributed by atoms with Crippen molar-refractivity contribution in [1.82, 2.24) is 0 Å². The molecule has 2 rings (SSSR count). The predicted molar refractivity (Wildman–Crippen MR) is 91.2 cm³/mol. The van der Waals surface area contributed by atoms with Gasteiger partial charge in [0.05, 0.1) is 6.04 Å². The van der Waals surface area contributed by atoms with Crippen LogP contribution >= 0.6 is 0 Å². The summed E-state index contributed by atoms with van der Waals surface area (Å²) in [5.74, 6) is 1.25. The lowest BCUT2D eigenvalue weighted by Crippen LogP contribution is -2.46. The summed E-state index contributed by atoms with van der Waals surface area (Å²) in [7, 11) is -2.47. The molecule has 1 N–H and O–H groups in total. The van der Waals surface area contributed by atoms with Crippen LogP contribution in [0.2, 0.25) is 16.6 Å². The maximum Gasteiger partial charge on any atom is 0.212 e. The van der Waals surface area contributed by atoms with Gasteiger partial charge in [-0.25, -0.2) is 4.99 Å². The molecular formula is C17H29NO2Si. The average molecular weight is 308 g/mol. The van der Waals surface area contributed by atoms with E-state index in [2.05, 4.69) is 59.8 Å². The molecule has 1 aliphatic carbocycles. The summed E-state index contributed by atoms with van der Waals surface area (Å²) in [6.07, 6.45) is 6.28. The smallest absolute Gasteiger partial charge is 0.212 e. The van der Waals surface area contributed by atoms with Crippen LogP contribution in [0.4, 0.5) is 0 Å². The third-order valence-corrected chi connectivity index (χ3v) is 10.2. The molecule has 0 aromatic heterocycles. The average Bonchev–Trinajstić information content (AvgIpc) is 3.05. The van der Waals surface area contributed by atoms with Crippen molar-refractivity contribution < 1.29 is 9.53 Å². The van der Waals surface area contributed by atoms with E-state index in [1.54, 1.807) is 0 Å². The molecule has 118 valence electrons. The van der Waals surface area contributed by atoms with Crippen molar-refractivity contribution in [1.29, 1.82) is 0 Å². The minimum Gasteiger partial charge on any atom is -0.475 e. The van der Waals surface area contributed by atoms with Crippen molar-refractivity contribution in [2.24, 2.45) is 10.9 Å². The van der Waals surface area contributed by atoms with Crippen LogP contribution in [-0.2, 0) is 4.74 Å². The maximum atomic E-state index is 11.4. The first kappa shape index (κ1) is 16.5. The Kier molecular flexibility index (Phi) is 4.78. The molecule has 3 nitrogen and oxygen atoms in total. The molecule has 4 heteroatoms. The highest BCUT2D eigenvalue weighted by atomic mass is 28.4. The van der Waals surface area contributed by atoms with Crippen LogP contribution in [0, 0.1) is 5.92 Å². The minimum absolute atomic E-state index is 0.0992. The molecule has 0 saturated heterocycles. The zero-order valence-corrected chi connectivity index (χ0v) is 15.1. The van der Waals surface area contributed by atoms with Crippen molar-refractivity contribution in [2.75, 3.05) is 6.61 Å². The van der Waals surface area contributed by atoms with Crippen molar-refractivity contribution in [3.63, 3.8) is 0 Å². The van der Waals surface area contributed by atoms with Gasteiger partial charge in [0, 0.05) is 11.1 Å². The number of aliphatic imine (C=N–C) groups is 1.